The molecule has 2 aromatic rings. The molecule has 3 N–H and O–H groups in total. The Bertz CT molecular complexity index is 1110. The molecule has 4 rings (SSSR count). The van der Waals surface area contributed by atoms with Gasteiger partial charge in [-0.05, 0) is 68.6 Å². The molecule has 0 bridgehead atoms. The number of pyridine rings is 1. The molecule has 2 amide bonds. The minimum atomic E-state index is -0.661. The van der Waals surface area contributed by atoms with E-state index in [4.69, 9.17) is 0 Å². The summed E-state index contributed by atoms with van der Waals surface area (Å²) in [7, 11) is 0. The topological polar surface area (TPSA) is 104 Å². The number of aromatic nitrogens is 2. The van der Waals surface area contributed by atoms with Crippen molar-refractivity contribution in [2.45, 2.75) is 79.2 Å². The van der Waals surface area contributed by atoms with E-state index in [2.05, 4.69) is 34.4 Å². The predicted octanol–water partition coefficient (Wildman–Crippen LogP) is 4.42. The highest BCUT2D eigenvalue weighted by Crippen LogP contribution is 2.37. The lowest BCUT2D eigenvalue weighted by molar-refractivity contribution is -0.118. The van der Waals surface area contributed by atoms with Gasteiger partial charge in [-0.2, -0.15) is 0 Å². The second kappa shape index (κ2) is 8.76. The van der Waals surface area contributed by atoms with Crippen molar-refractivity contribution in [3.8, 4) is 0 Å². The van der Waals surface area contributed by atoms with Crippen LogP contribution in [0.25, 0.3) is 0 Å². The van der Waals surface area contributed by atoms with E-state index in [9.17, 15) is 14.4 Å². The number of carbonyl (C=O) groups excluding carboxylic acids is 3. The van der Waals surface area contributed by atoms with Gasteiger partial charge in [-0.25, -0.2) is 0 Å². The average Bonchev–Trinajstić information content (AvgIpc) is 3.48. The molecule has 7 heteroatoms. The van der Waals surface area contributed by atoms with Crippen LogP contribution >= 0.6 is 0 Å². The van der Waals surface area contributed by atoms with Gasteiger partial charge in [-0.15, -0.1) is 0 Å². The molecule has 176 valence electrons. The number of ketones is 1. The molecule has 0 radical (unpaired) electrons. The SMILES string of the molecule is Cc1cc(C)c(NC(=O)C(CCC2CC2)NC(=O)c2[nH]c3c(c2C)C(=O)CC(C)(C)C3)cn1. The Labute approximate surface area is 195 Å². The highest BCUT2D eigenvalue weighted by Gasteiger charge is 2.36. The van der Waals surface area contributed by atoms with Crippen molar-refractivity contribution in [3.63, 3.8) is 0 Å². The summed E-state index contributed by atoms with van der Waals surface area (Å²) in [6, 6.07) is 1.25. The predicted molar refractivity (Wildman–Crippen MR) is 128 cm³/mol. The lowest BCUT2D eigenvalue weighted by Gasteiger charge is -2.28. The molecule has 2 aromatic heterocycles. The van der Waals surface area contributed by atoms with Crippen molar-refractivity contribution >= 4 is 23.3 Å². The fourth-order valence-corrected chi connectivity index (χ4v) is 4.81. The number of carbonyl (C=O) groups is 3. The summed E-state index contributed by atoms with van der Waals surface area (Å²) >= 11 is 0. The Morgan fingerprint density at radius 3 is 2.61 bits per heavy atom. The maximum Gasteiger partial charge on any atom is 0.268 e. The standard InChI is InChI=1S/C26H34N4O3/c1-14-10-15(2)27-13-20(14)30-24(32)18(9-8-17-6-7-17)29-25(33)23-16(3)22-19(28-23)11-26(4,5)12-21(22)31/h10,13,17-18,28H,6-9,11-12H2,1-5H3,(H,29,33)(H,30,32). The molecule has 0 aromatic carbocycles. The van der Waals surface area contributed by atoms with Crippen LogP contribution in [0.15, 0.2) is 12.3 Å². The summed E-state index contributed by atoms with van der Waals surface area (Å²) in [6.07, 6.45) is 6.68. The zero-order chi connectivity index (χ0) is 23.9. The minimum Gasteiger partial charge on any atom is -0.354 e. The van der Waals surface area contributed by atoms with Crippen LogP contribution in [-0.4, -0.2) is 33.6 Å². The molecule has 1 atom stereocenters. The number of Topliss-reactive ketones (excluding diaryl/α,β-unsaturated/α-hetero) is 1. The maximum absolute atomic E-state index is 13.2. The lowest BCUT2D eigenvalue weighted by atomic mass is 9.75. The van der Waals surface area contributed by atoms with E-state index in [1.54, 1.807) is 13.1 Å². The first-order valence-electron chi connectivity index (χ1n) is 11.8. The van der Waals surface area contributed by atoms with Gasteiger partial charge in [0.15, 0.2) is 5.78 Å². The smallest absolute Gasteiger partial charge is 0.268 e. The Kier molecular flexibility index (Phi) is 6.16. The third-order valence-corrected chi connectivity index (χ3v) is 6.82. The number of hydrogen-bond donors (Lipinski definition) is 3. The van der Waals surface area contributed by atoms with E-state index in [-0.39, 0.29) is 23.0 Å². The fourth-order valence-electron chi connectivity index (χ4n) is 4.81. The zero-order valence-corrected chi connectivity index (χ0v) is 20.2. The molecule has 1 unspecified atom stereocenters. The van der Waals surface area contributed by atoms with Gasteiger partial charge in [0.25, 0.3) is 5.91 Å². The molecule has 2 aliphatic carbocycles. The van der Waals surface area contributed by atoms with Crippen LogP contribution in [0, 0.1) is 32.1 Å². The molecule has 33 heavy (non-hydrogen) atoms. The second-order valence-corrected chi connectivity index (χ2v) is 10.6. The van der Waals surface area contributed by atoms with Gasteiger partial charge in [0.2, 0.25) is 5.91 Å². The first kappa shape index (κ1) is 23.2. The van der Waals surface area contributed by atoms with E-state index in [1.165, 1.54) is 12.8 Å². The molecule has 1 fully saturated rings. The number of H-pyrrole nitrogens is 1. The quantitative estimate of drug-likeness (QED) is 0.581. The summed E-state index contributed by atoms with van der Waals surface area (Å²) < 4.78 is 0. The highest BCUT2D eigenvalue weighted by atomic mass is 16.2. The Morgan fingerprint density at radius 2 is 1.94 bits per heavy atom. The Morgan fingerprint density at radius 1 is 1.21 bits per heavy atom. The molecular weight excluding hydrogens is 416 g/mol. The van der Waals surface area contributed by atoms with E-state index >= 15 is 0 Å². The summed E-state index contributed by atoms with van der Waals surface area (Å²) in [6.45, 7) is 9.75. The number of fused-ring (bicyclic) bond motifs is 1. The number of amides is 2. The van der Waals surface area contributed by atoms with Crippen molar-refractivity contribution in [1.82, 2.24) is 15.3 Å². The molecular formula is C26H34N4O3. The number of aromatic amines is 1. The van der Waals surface area contributed by atoms with Crippen LogP contribution in [0.4, 0.5) is 5.69 Å². The molecule has 0 saturated heterocycles. The highest BCUT2D eigenvalue weighted by molar-refractivity contribution is 6.06. The maximum atomic E-state index is 13.2. The summed E-state index contributed by atoms with van der Waals surface area (Å²) in [4.78, 5) is 46.6. The van der Waals surface area contributed by atoms with E-state index < -0.39 is 6.04 Å². The zero-order valence-electron chi connectivity index (χ0n) is 20.2. The molecule has 0 spiro atoms. The van der Waals surface area contributed by atoms with Gasteiger partial charge >= 0.3 is 0 Å². The molecule has 2 aliphatic rings. The van der Waals surface area contributed by atoms with Crippen molar-refractivity contribution < 1.29 is 14.4 Å². The monoisotopic (exact) mass is 450 g/mol. The van der Waals surface area contributed by atoms with Crippen LogP contribution in [0.3, 0.4) is 0 Å². The van der Waals surface area contributed by atoms with E-state index in [0.717, 1.165) is 23.4 Å². The minimum absolute atomic E-state index is 0.0689. The van der Waals surface area contributed by atoms with Gasteiger partial charge in [0.1, 0.15) is 11.7 Å². The van der Waals surface area contributed by atoms with Crippen LogP contribution in [0.1, 0.15) is 89.3 Å². The number of rotatable bonds is 7. The van der Waals surface area contributed by atoms with Gasteiger partial charge in [-0.3, -0.25) is 19.4 Å². The summed E-state index contributed by atoms with van der Waals surface area (Å²) in [5.41, 5.74) is 4.83. The number of hydrogen-bond acceptors (Lipinski definition) is 4. The second-order valence-electron chi connectivity index (χ2n) is 10.6. The molecule has 0 aliphatic heterocycles. The number of aryl methyl sites for hydroxylation is 2. The van der Waals surface area contributed by atoms with Crippen molar-refractivity contribution in [3.05, 3.63) is 46.0 Å². The van der Waals surface area contributed by atoms with Crippen LogP contribution < -0.4 is 10.6 Å². The summed E-state index contributed by atoms with van der Waals surface area (Å²) in [5.74, 6) is 0.116. The normalized spacial score (nSPS) is 17.9. The molecule has 7 nitrogen and oxygen atoms in total. The Balaban J connectivity index is 1.53. The van der Waals surface area contributed by atoms with Crippen LogP contribution in [-0.2, 0) is 11.2 Å². The number of nitrogens with one attached hydrogen (secondary N) is 3. The van der Waals surface area contributed by atoms with Crippen molar-refractivity contribution in [2.24, 2.45) is 11.3 Å². The third kappa shape index (κ3) is 5.18. The fraction of sp³-hybridized carbons (Fsp3) is 0.538. The first-order chi connectivity index (χ1) is 15.5. The summed E-state index contributed by atoms with van der Waals surface area (Å²) in [5, 5.41) is 5.88. The largest absolute Gasteiger partial charge is 0.354 e. The van der Waals surface area contributed by atoms with Gasteiger partial charge in [-0.1, -0.05) is 26.7 Å². The van der Waals surface area contributed by atoms with Crippen molar-refractivity contribution in [1.29, 1.82) is 0 Å². The van der Waals surface area contributed by atoms with Gasteiger partial charge in [0.05, 0.1) is 11.9 Å². The average molecular weight is 451 g/mol. The van der Waals surface area contributed by atoms with E-state index in [1.807, 2.05) is 19.9 Å². The van der Waals surface area contributed by atoms with Gasteiger partial charge < -0.3 is 15.6 Å². The van der Waals surface area contributed by atoms with Gasteiger partial charge in [0, 0.05) is 23.4 Å². The van der Waals surface area contributed by atoms with E-state index in [0.29, 0.717) is 47.7 Å². The molecule has 2 heterocycles. The third-order valence-electron chi connectivity index (χ3n) is 6.82. The lowest BCUT2D eigenvalue weighted by Crippen LogP contribution is -2.44. The van der Waals surface area contributed by atoms with Crippen LogP contribution in [0.5, 0.6) is 0 Å². The van der Waals surface area contributed by atoms with Crippen molar-refractivity contribution in [2.75, 3.05) is 5.32 Å². The number of nitrogens with zero attached hydrogens (tertiary/aromatic N) is 1. The number of anilines is 1. The van der Waals surface area contributed by atoms with Crippen LogP contribution in [0.2, 0.25) is 0 Å². The molecule has 1 saturated carbocycles. The Hall–Kier alpha value is -2.96. The first-order valence-corrected chi connectivity index (χ1v) is 11.8.